The molecule has 0 spiro atoms. The molecule has 24 heavy (non-hydrogen) atoms. The van der Waals surface area contributed by atoms with Crippen LogP contribution < -0.4 is 16.0 Å². The van der Waals surface area contributed by atoms with Gasteiger partial charge < -0.3 is 20.2 Å². The minimum Gasteiger partial charge on any atom is -0.496 e. The highest BCUT2D eigenvalue weighted by Gasteiger charge is 2.16. The number of hydrogen-bond donors (Lipinski definition) is 2. The summed E-state index contributed by atoms with van der Waals surface area (Å²) in [6.45, 7) is 1.86. The highest BCUT2D eigenvalue weighted by Crippen LogP contribution is 2.29. The number of ether oxygens (including phenoxy) is 2. The molecule has 0 aliphatic heterocycles. The normalized spacial score (nSPS) is 11.3. The summed E-state index contributed by atoms with van der Waals surface area (Å²) in [5, 5.41) is 0. The van der Waals surface area contributed by atoms with Gasteiger partial charge >= 0.3 is 5.97 Å². The van der Waals surface area contributed by atoms with Crippen LogP contribution in [-0.2, 0) is 16.0 Å². The number of pyridine rings is 1. The lowest BCUT2D eigenvalue weighted by molar-refractivity contribution is -0.142. The van der Waals surface area contributed by atoms with Gasteiger partial charge in [-0.25, -0.2) is 0 Å². The predicted octanol–water partition coefficient (Wildman–Crippen LogP) is 1.82. The Labute approximate surface area is 146 Å². The maximum absolute atomic E-state index is 12.1. The van der Waals surface area contributed by atoms with E-state index >= 15 is 0 Å². The quantitative estimate of drug-likeness (QED) is 0.800. The molecular weight excluding hydrogens is 332 g/mol. The van der Waals surface area contributed by atoms with Crippen molar-refractivity contribution >= 4 is 18.4 Å². The van der Waals surface area contributed by atoms with Gasteiger partial charge in [-0.05, 0) is 24.5 Å². The van der Waals surface area contributed by atoms with Crippen LogP contribution in [-0.4, -0.2) is 31.2 Å². The van der Waals surface area contributed by atoms with Crippen LogP contribution >= 0.6 is 12.4 Å². The second-order valence-electron chi connectivity index (χ2n) is 5.24. The van der Waals surface area contributed by atoms with E-state index in [1.807, 2.05) is 31.2 Å². The highest BCUT2D eigenvalue weighted by molar-refractivity contribution is 5.85. The van der Waals surface area contributed by atoms with Gasteiger partial charge in [-0.3, -0.25) is 9.59 Å². The Hall–Kier alpha value is -2.31. The van der Waals surface area contributed by atoms with Crippen molar-refractivity contribution in [2.45, 2.75) is 19.4 Å². The van der Waals surface area contributed by atoms with Gasteiger partial charge in [0.1, 0.15) is 11.8 Å². The van der Waals surface area contributed by atoms with Gasteiger partial charge in [-0.1, -0.05) is 24.3 Å². The maximum Gasteiger partial charge on any atom is 0.322 e. The van der Waals surface area contributed by atoms with Crippen LogP contribution in [0.2, 0.25) is 0 Å². The van der Waals surface area contributed by atoms with E-state index in [2.05, 4.69) is 9.72 Å². The average Bonchev–Trinajstić information content (AvgIpc) is 2.56. The van der Waals surface area contributed by atoms with E-state index in [1.165, 1.54) is 14.2 Å². The summed E-state index contributed by atoms with van der Waals surface area (Å²) >= 11 is 0. The Balaban J connectivity index is 0.00000288. The number of aromatic amines is 1. The molecule has 1 atom stereocenters. The first-order valence-electron chi connectivity index (χ1n) is 7.17. The van der Waals surface area contributed by atoms with Crippen LogP contribution in [0.1, 0.15) is 11.1 Å². The van der Waals surface area contributed by atoms with Crippen molar-refractivity contribution in [3.8, 4) is 16.9 Å². The molecule has 6 nitrogen and oxygen atoms in total. The van der Waals surface area contributed by atoms with E-state index in [0.717, 1.165) is 16.7 Å². The fraction of sp³-hybridized carbons (Fsp3) is 0.294. The number of nitrogens with two attached hydrogens (primary N) is 1. The predicted molar refractivity (Wildman–Crippen MR) is 94.7 cm³/mol. The van der Waals surface area contributed by atoms with E-state index in [0.29, 0.717) is 17.7 Å². The largest absolute Gasteiger partial charge is 0.496 e. The number of carbonyl (C=O) groups excluding carboxylic acids is 1. The van der Waals surface area contributed by atoms with E-state index in [4.69, 9.17) is 10.5 Å². The first-order valence-corrected chi connectivity index (χ1v) is 7.17. The van der Waals surface area contributed by atoms with E-state index < -0.39 is 12.0 Å². The Bertz CT molecular complexity index is 756. The van der Waals surface area contributed by atoms with Crippen molar-refractivity contribution in [3.05, 3.63) is 51.9 Å². The van der Waals surface area contributed by atoms with Crippen LogP contribution in [0.3, 0.4) is 0 Å². The number of aromatic nitrogens is 1. The standard InChI is InChI=1S/C17H20N2O4.ClH/c1-10-9-19-16(20)14(15(10)22-2)12-6-4-11(5-7-12)8-13(18)17(21)23-3;/h4-7,9,13H,8,18H2,1-3H3,(H,19,20);1H/t13-;/m0./s1. The molecule has 2 aromatic rings. The molecule has 2 rings (SSSR count). The molecule has 0 bridgehead atoms. The molecule has 130 valence electrons. The number of halogens is 1. The molecule has 1 aromatic carbocycles. The zero-order valence-electron chi connectivity index (χ0n) is 13.8. The third-order valence-corrected chi connectivity index (χ3v) is 3.64. The number of nitrogens with one attached hydrogen (secondary N) is 1. The molecule has 1 heterocycles. The summed E-state index contributed by atoms with van der Waals surface area (Å²) in [4.78, 5) is 26.2. The van der Waals surface area contributed by atoms with Crippen molar-refractivity contribution in [1.82, 2.24) is 4.98 Å². The third-order valence-electron chi connectivity index (χ3n) is 3.64. The molecule has 3 N–H and O–H groups in total. The zero-order valence-corrected chi connectivity index (χ0v) is 14.6. The maximum atomic E-state index is 12.1. The summed E-state index contributed by atoms with van der Waals surface area (Å²) in [5.74, 6) is 0.0960. The van der Waals surface area contributed by atoms with Crippen LogP contribution in [0.25, 0.3) is 11.1 Å². The van der Waals surface area contributed by atoms with Crippen molar-refractivity contribution < 1.29 is 14.3 Å². The number of esters is 1. The van der Waals surface area contributed by atoms with Gasteiger partial charge in [-0.2, -0.15) is 0 Å². The average molecular weight is 353 g/mol. The van der Waals surface area contributed by atoms with Crippen molar-refractivity contribution in [2.24, 2.45) is 5.73 Å². The number of H-pyrrole nitrogens is 1. The van der Waals surface area contributed by atoms with Crippen LogP contribution in [0.4, 0.5) is 0 Å². The lowest BCUT2D eigenvalue weighted by Gasteiger charge is -2.12. The summed E-state index contributed by atoms with van der Waals surface area (Å²) in [6.07, 6.45) is 1.99. The summed E-state index contributed by atoms with van der Waals surface area (Å²) in [6, 6.07) is 6.58. The lowest BCUT2D eigenvalue weighted by Crippen LogP contribution is -2.33. The highest BCUT2D eigenvalue weighted by atomic mass is 35.5. The minimum absolute atomic E-state index is 0. The van der Waals surface area contributed by atoms with Gasteiger partial charge in [-0.15, -0.1) is 12.4 Å². The Kier molecular flexibility index (Phi) is 7.00. The molecule has 0 aliphatic rings. The van der Waals surface area contributed by atoms with E-state index in [1.54, 1.807) is 6.20 Å². The van der Waals surface area contributed by atoms with Crippen LogP contribution in [0.15, 0.2) is 35.3 Å². The molecule has 0 saturated carbocycles. The molecule has 7 heteroatoms. The van der Waals surface area contributed by atoms with Gasteiger partial charge in [0.15, 0.2) is 0 Å². The summed E-state index contributed by atoms with van der Waals surface area (Å²) in [5.41, 5.74) is 8.48. The van der Waals surface area contributed by atoms with E-state index in [9.17, 15) is 9.59 Å². The molecule has 0 radical (unpaired) electrons. The third kappa shape index (κ3) is 4.15. The number of methoxy groups -OCH3 is 2. The van der Waals surface area contributed by atoms with Crippen LogP contribution in [0.5, 0.6) is 5.75 Å². The van der Waals surface area contributed by atoms with Crippen molar-refractivity contribution in [1.29, 1.82) is 0 Å². The number of benzene rings is 1. The Morgan fingerprint density at radius 3 is 2.42 bits per heavy atom. The number of hydrogen-bond acceptors (Lipinski definition) is 5. The molecule has 0 amide bonds. The summed E-state index contributed by atoms with van der Waals surface area (Å²) < 4.78 is 9.96. The van der Waals surface area contributed by atoms with E-state index in [-0.39, 0.29) is 18.0 Å². The Morgan fingerprint density at radius 2 is 1.88 bits per heavy atom. The summed E-state index contributed by atoms with van der Waals surface area (Å²) in [7, 11) is 2.84. The molecule has 1 aromatic heterocycles. The van der Waals surface area contributed by atoms with Gasteiger partial charge in [0.25, 0.3) is 5.56 Å². The number of aryl methyl sites for hydroxylation is 1. The topological polar surface area (TPSA) is 94.4 Å². The first-order chi connectivity index (χ1) is 11.0. The fourth-order valence-corrected chi connectivity index (χ4v) is 2.43. The number of rotatable bonds is 5. The minimum atomic E-state index is -0.706. The second-order valence-corrected chi connectivity index (χ2v) is 5.24. The molecular formula is C17H21ClN2O4. The second kappa shape index (κ2) is 8.52. The smallest absolute Gasteiger partial charge is 0.322 e. The SMILES string of the molecule is COC(=O)[C@@H](N)Cc1ccc(-c2c(OC)c(C)c[nH]c2=O)cc1.Cl. The monoisotopic (exact) mass is 352 g/mol. The molecule has 0 unspecified atom stereocenters. The van der Waals surface area contributed by atoms with Crippen molar-refractivity contribution in [3.63, 3.8) is 0 Å². The molecule has 0 aliphatic carbocycles. The van der Waals surface area contributed by atoms with Gasteiger partial charge in [0, 0.05) is 11.8 Å². The number of carbonyl (C=O) groups is 1. The fourth-order valence-electron chi connectivity index (χ4n) is 2.43. The van der Waals surface area contributed by atoms with Gasteiger partial charge in [0.2, 0.25) is 0 Å². The Morgan fingerprint density at radius 1 is 1.25 bits per heavy atom. The molecule has 0 fully saturated rings. The van der Waals surface area contributed by atoms with Crippen molar-refractivity contribution in [2.75, 3.05) is 14.2 Å². The first kappa shape index (κ1) is 19.7. The van der Waals surface area contributed by atoms with Crippen LogP contribution in [0, 0.1) is 6.92 Å². The zero-order chi connectivity index (χ0) is 17.0. The molecule has 0 saturated heterocycles. The van der Waals surface area contributed by atoms with Gasteiger partial charge in [0.05, 0.1) is 19.8 Å². The lowest BCUT2D eigenvalue weighted by atomic mass is 10.00.